The summed E-state index contributed by atoms with van der Waals surface area (Å²) in [4.78, 5) is 0. The highest BCUT2D eigenvalue weighted by molar-refractivity contribution is 6.33. The van der Waals surface area contributed by atoms with Crippen LogP contribution in [0.5, 0.6) is 5.75 Å². The van der Waals surface area contributed by atoms with Crippen LogP contribution in [0.1, 0.15) is 26.3 Å². The van der Waals surface area contributed by atoms with Gasteiger partial charge in [0.15, 0.2) is 0 Å². The fraction of sp³-hybridized carbons (Fsp3) is 0.294. The van der Waals surface area contributed by atoms with E-state index in [0.717, 1.165) is 22.0 Å². The maximum absolute atomic E-state index is 6.14. The van der Waals surface area contributed by atoms with E-state index >= 15 is 0 Å². The minimum Gasteiger partial charge on any atom is -0.488 e. The number of hydrogen-bond donors (Lipinski definition) is 1. The van der Waals surface area contributed by atoms with Crippen LogP contribution in [0.2, 0.25) is 5.02 Å². The van der Waals surface area contributed by atoms with E-state index in [1.807, 2.05) is 63.2 Å². The Hall–Kier alpha value is -1.67. The largest absolute Gasteiger partial charge is 0.488 e. The Morgan fingerprint density at radius 1 is 1.00 bits per heavy atom. The molecular formula is C17H20ClNO. The van der Waals surface area contributed by atoms with Gasteiger partial charge in [-0.25, -0.2) is 0 Å². The first kappa shape index (κ1) is 14.7. The summed E-state index contributed by atoms with van der Waals surface area (Å²) in [6.45, 7) is 6.82. The molecule has 2 nitrogen and oxygen atoms in total. The number of para-hydroxylation sites is 2. The fourth-order valence-corrected chi connectivity index (χ4v) is 2.08. The minimum atomic E-state index is -0.208. The molecule has 0 aromatic heterocycles. The van der Waals surface area contributed by atoms with E-state index in [4.69, 9.17) is 16.3 Å². The van der Waals surface area contributed by atoms with Crippen LogP contribution in [-0.2, 0) is 6.54 Å². The van der Waals surface area contributed by atoms with E-state index in [1.54, 1.807) is 0 Å². The number of benzene rings is 2. The quantitative estimate of drug-likeness (QED) is 0.842. The zero-order chi connectivity index (χ0) is 14.6. The van der Waals surface area contributed by atoms with Gasteiger partial charge in [-0.2, -0.15) is 0 Å². The number of halogens is 1. The lowest BCUT2D eigenvalue weighted by atomic mass is 10.1. The van der Waals surface area contributed by atoms with Crippen molar-refractivity contribution in [1.82, 2.24) is 0 Å². The Kier molecular flexibility index (Phi) is 4.56. The first-order valence-corrected chi connectivity index (χ1v) is 7.09. The number of hydrogen-bond acceptors (Lipinski definition) is 2. The van der Waals surface area contributed by atoms with Crippen molar-refractivity contribution in [3.8, 4) is 5.75 Å². The molecule has 2 aromatic carbocycles. The molecule has 0 aliphatic carbocycles. The lowest BCUT2D eigenvalue weighted by Crippen LogP contribution is -2.23. The summed E-state index contributed by atoms with van der Waals surface area (Å²) in [5.74, 6) is 0.902. The zero-order valence-corrected chi connectivity index (χ0v) is 12.9. The van der Waals surface area contributed by atoms with Gasteiger partial charge >= 0.3 is 0 Å². The van der Waals surface area contributed by atoms with E-state index in [9.17, 15) is 0 Å². The van der Waals surface area contributed by atoms with Gasteiger partial charge in [0.2, 0.25) is 0 Å². The van der Waals surface area contributed by atoms with Crippen molar-refractivity contribution in [1.29, 1.82) is 0 Å². The first-order valence-electron chi connectivity index (χ1n) is 6.71. The lowest BCUT2D eigenvalue weighted by Gasteiger charge is -2.23. The Labute approximate surface area is 125 Å². The van der Waals surface area contributed by atoms with Gasteiger partial charge in [0.1, 0.15) is 11.4 Å². The summed E-state index contributed by atoms with van der Waals surface area (Å²) in [6.07, 6.45) is 0. The topological polar surface area (TPSA) is 21.3 Å². The molecule has 2 rings (SSSR count). The van der Waals surface area contributed by atoms with Crippen molar-refractivity contribution in [2.45, 2.75) is 32.9 Å². The molecule has 0 saturated carbocycles. The van der Waals surface area contributed by atoms with Crippen molar-refractivity contribution < 1.29 is 4.74 Å². The Bertz CT molecular complexity index is 575. The van der Waals surface area contributed by atoms with Gasteiger partial charge in [-0.1, -0.05) is 41.9 Å². The third-order valence-corrected chi connectivity index (χ3v) is 3.06. The molecule has 20 heavy (non-hydrogen) atoms. The van der Waals surface area contributed by atoms with E-state index in [1.165, 1.54) is 0 Å². The number of anilines is 1. The van der Waals surface area contributed by atoms with Gasteiger partial charge in [-0.05, 0) is 39.0 Å². The van der Waals surface area contributed by atoms with Crippen molar-refractivity contribution in [3.63, 3.8) is 0 Å². The smallest absolute Gasteiger partial charge is 0.125 e. The SMILES string of the molecule is CC(C)(C)Oc1ccccc1CNc1ccccc1Cl. The standard InChI is InChI=1S/C17H20ClNO/c1-17(2,3)20-16-11-7-4-8-13(16)12-19-15-10-6-5-9-14(15)18/h4-11,19H,12H2,1-3H3. The molecule has 0 amide bonds. The Morgan fingerprint density at radius 3 is 2.35 bits per heavy atom. The minimum absolute atomic E-state index is 0.208. The Morgan fingerprint density at radius 2 is 1.65 bits per heavy atom. The van der Waals surface area contributed by atoms with Crippen LogP contribution in [0.3, 0.4) is 0 Å². The highest BCUT2D eigenvalue weighted by Gasteiger charge is 2.14. The zero-order valence-electron chi connectivity index (χ0n) is 12.1. The highest BCUT2D eigenvalue weighted by atomic mass is 35.5. The second-order valence-corrected chi connectivity index (χ2v) is 6.06. The summed E-state index contributed by atoms with van der Waals surface area (Å²) < 4.78 is 5.98. The molecule has 1 N–H and O–H groups in total. The van der Waals surface area contributed by atoms with E-state index in [-0.39, 0.29) is 5.60 Å². The molecule has 0 fully saturated rings. The van der Waals surface area contributed by atoms with Crippen LogP contribution in [0.15, 0.2) is 48.5 Å². The summed E-state index contributed by atoms with van der Waals surface area (Å²) in [7, 11) is 0. The van der Waals surface area contributed by atoms with Gasteiger partial charge in [0.05, 0.1) is 10.7 Å². The maximum Gasteiger partial charge on any atom is 0.125 e. The summed E-state index contributed by atoms with van der Waals surface area (Å²) in [5.41, 5.74) is 1.84. The highest BCUT2D eigenvalue weighted by Crippen LogP contribution is 2.26. The van der Waals surface area contributed by atoms with Crippen LogP contribution in [0.4, 0.5) is 5.69 Å². The summed E-state index contributed by atoms with van der Waals surface area (Å²) >= 11 is 6.14. The van der Waals surface area contributed by atoms with Gasteiger partial charge in [0.25, 0.3) is 0 Å². The molecule has 0 atom stereocenters. The van der Waals surface area contributed by atoms with Crippen molar-refractivity contribution in [2.75, 3.05) is 5.32 Å². The molecule has 3 heteroatoms. The number of nitrogens with one attached hydrogen (secondary N) is 1. The van der Waals surface area contributed by atoms with Crippen LogP contribution in [0, 0.1) is 0 Å². The second kappa shape index (κ2) is 6.19. The van der Waals surface area contributed by atoms with Gasteiger partial charge < -0.3 is 10.1 Å². The molecule has 0 aliphatic heterocycles. The normalized spacial score (nSPS) is 11.2. The van der Waals surface area contributed by atoms with Crippen LogP contribution >= 0.6 is 11.6 Å². The van der Waals surface area contributed by atoms with E-state index in [2.05, 4.69) is 11.4 Å². The predicted molar refractivity (Wildman–Crippen MR) is 85.6 cm³/mol. The van der Waals surface area contributed by atoms with Crippen molar-refractivity contribution >= 4 is 17.3 Å². The third kappa shape index (κ3) is 4.17. The molecule has 0 saturated heterocycles. The van der Waals surface area contributed by atoms with Gasteiger partial charge in [-0.3, -0.25) is 0 Å². The van der Waals surface area contributed by atoms with Gasteiger partial charge in [0, 0.05) is 12.1 Å². The van der Waals surface area contributed by atoms with Crippen molar-refractivity contribution in [3.05, 3.63) is 59.1 Å². The molecule has 0 heterocycles. The monoisotopic (exact) mass is 289 g/mol. The van der Waals surface area contributed by atoms with E-state index in [0.29, 0.717) is 6.54 Å². The molecule has 0 aliphatic rings. The number of rotatable bonds is 4. The molecule has 2 aromatic rings. The first-order chi connectivity index (χ1) is 9.46. The molecule has 0 spiro atoms. The van der Waals surface area contributed by atoms with E-state index < -0.39 is 0 Å². The molecule has 0 bridgehead atoms. The molecule has 106 valence electrons. The van der Waals surface area contributed by atoms with Crippen molar-refractivity contribution in [2.24, 2.45) is 0 Å². The summed E-state index contributed by atoms with van der Waals surface area (Å²) in [5, 5.41) is 4.07. The average molecular weight is 290 g/mol. The summed E-state index contributed by atoms with van der Waals surface area (Å²) in [6, 6.07) is 15.8. The predicted octanol–water partition coefficient (Wildman–Crippen LogP) is 5.13. The van der Waals surface area contributed by atoms with Crippen LogP contribution in [0.25, 0.3) is 0 Å². The van der Waals surface area contributed by atoms with Crippen LogP contribution in [-0.4, -0.2) is 5.60 Å². The fourth-order valence-electron chi connectivity index (χ4n) is 1.87. The number of ether oxygens (including phenoxy) is 1. The third-order valence-electron chi connectivity index (χ3n) is 2.73. The molecular weight excluding hydrogens is 270 g/mol. The lowest BCUT2D eigenvalue weighted by molar-refractivity contribution is 0.129. The molecule has 0 unspecified atom stereocenters. The second-order valence-electron chi connectivity index (χ2n) is 5.66. The molecule has 0 radical (unpaired) electrons. The van der Waals surface area contributed by atoms with Gasteiger partial charge in [-0.15, -0.1) is 0 Å². The Balaban J connectivity index is 2.12. The van der Waals surface area contributed by atoms with Crippen LogP contribution < -0.4 is 10.1 Å². The average Bonchev–Trinajstić information content (AvgIpc) is 2.37. The maximum atomic E-state index is 6.14.